The number of para-hydroxylation sites is 1. The molecule has 0 saturated carbocycles. The number of carbonyl (C=O) groups is 4. The Labute approximate surface area is 253 Å². The van der Waals surface area contributed by atoms with Crippen LogP contribution < -0.4 is 31.7 Å². The number of allylic oxidation sites excluding steroid dienone is 1. The molecule has 1 spiro atoms. The second kappa shape index (κ2) is 14.0. The summed E-state index contributed by atoms with van der Waals surface area (Å²) in [6, 6.07) is 12.1. The number of H-pyrrole nitrogens is 2. The molecule has 2 aliphatic heterocycles. The monoisotopic (exact) mass is 603 g/mol. The lowest BCUT2D eigenvalue weighted by atomic mass is 9.74. The lowest BCUT2D eigenvalue weighted by molar-refractivity contribution is -0.134. The van der Waals surface area contributed by atoms with Crippen LogP contribution in [0.4, 0.5) is 5.69 Å². The normalized spacial score (nSPS) is 19.4. The molecule has 0 unspecified atom stereocenters. The first-order chi connectivity index (χ1) is 21.3. The molecule has 0 radical (unpaired) electrons. The van der Waals surface area contributed by atoms with E-state index >= 15 is 0 Å². The number of rotatable bonds is 3. The first-order valence-corrected chi connectivity index (χ1v) is 14.8. The van der Waals surface area contributed by atoms with Crippen LogP contribution in [0.15, 0.2) is 59.4 Å². The molecule has 0 aliphatic carbocycles. The number of aromatic amines is 2. The molecule has 3 aromatic rings. The number of nitrogens with one attached hydrogen (secondary N) is 6. The van der Waals surface area contributed by atoms with Gasteiger partial charge in [0, 0.05) is 18.8 Å². The first kappa shape index (κ1) is 30.5. The van der Waals surface area contributed by atoms with Gasteiger partial charge in [0.15, 0.2) is 0 Å². The highest BCUT2D eigenvalue weighted by Gasteiger charge is 2.40. The van der Waals surface area contributed by atoms with Crippen molar-refractivity contribution in [1.82, 2.24) is 30.8 Å². The van der Waals surface area contributed by atoms with Crippen molar-refractivity contribution in [3.63, 3.8) is 0 Å². The Kier molecular flexibility index (Phi) is 9.75. The summed E-state index contributed by atoms with van der Waals surface area (Å²) in [6.07, 6.45) is 5.11. The number of carbonyl (C=O) groups excluding carboxylic acids is 4. The van der Waals surface area contributed by atoms with Crippen LogP contribution in [0.1, 0.15) is 36.0 Å². The summed E-state index contributed by atoms with van der Waals surface area (Å²) < 4.78 is 5.74. The molecule has 1 aromatic heterocycles. The van der Waals surface area contributed by atoms with E-state index < -0.39 is 5.41 Å². The van der Waals surface area contributed by atoms with Gasteiger partial charge >= 0.3 is 5.69 Å². The molecule has 44 heavy (non-hydrogen) atoms. The number of hydrogen-bond acceptors (Lipinski definition) is 7. The Balaban J connectivity index is 1.18. The third-order valence-corrected chi connectivity index (χ3v) is 7.95. The number of benzene rings is 2. The second-order valence-electron chi connectivity index (χ2n) is 11.1. The fourth-order valence-corrected chi connectivity index (χ4v) is 5.52. The van der Waals surface area contributed by atoms with Gasteiger partial charge in [0.2, 0.25) is 17.7 Å². The van der Waals surface area contributed by atoms with Crippen LogP contribution in [0, 0.1) is 5.41 Å². The van der Waals surface area contributed by atoms with Crippen LogP contribution in [0.5, 0.6) is 5.75 Å². The van der Waals surface area contributed by atoms with Crippen LogP contribution in [-0.2, 0) is 14.4 Å². The zero-order valence-electron chi connectivity index (χ0n) is 24.4. The van der Waals surface area contributed by atoms with Crippen LogP contribution in [0.25, 0.3) is 11.0 Å². The summed E-state index contributed by atoms with van der Waals surface area (Å²) in [6.45, 7) is 2.41. The SMILES string of the molecule is O=C1/C=C/CC2(CCN(CC(=O)Nc3ccc4[nH]c(=O)[nH]c4c3)CC2)C(=O)NCCCNC(=O)c2ccccc2OCCN1. The van der Waals surface area contributed by atoms with Gasteiger partial charge in [-0.15, -0.1) is 0 Å². The molecule has 1 saturated heterocycles. The fourth-order valence-electron chi connectivity index (χ4n) is 5.52. The molecule has 13 heteroatoms. The maximum Gasteiger partial charge on any atom is 0.323 e. The Morgan fingerprint density at radius 2 is 1.68 bits per heavy atom. The number of likely N-dealkylation sites (tertiary alicyclic amines) is 1. The number of piperidine rings is 1. The molecular formula is C31H37N7O6. The van der Waals surface area contributed by atoms with E-state index in [9.17, 15) is 24.0 Å². The number of imidazole rings is 1. The zero-order chi connectivity index (χ0) is 30.9. The molecule has 0 atom stereocenters. The fraction of sp³-hybridized carbons (Fsp3) is 0.387. The van der Waals surface area contributed by atoms with Crippen LogP contribution >= 0.6 is 0 Å². The van der Waals surface area contributed by atoms with Gasteiger partial charge in [-0.05, 0) is 75.2 Å². The van der Waals surface area contributed by atoms with Crippen molar-refractivity contribution in [3.8, 4) is 5.75 Å². The number of nitrogens with zero attached hydrogens (tertiary/aromatic N) is 1. The molecule has 2 aromatic carbocycles. The summed E-state index contributed by atoms with van der Waals surface area (Å²) >= 11 is 0. The van der Waals surface area contributed by atoms with Crippen molar-refractivity contribution < 1.29 is 23.9 Å². The van der Waals surface area contributed by atoms with Crippen LogP contribution in [-0.4, -0.2) is 84.4 Å². The predicted octanol–water partition coefficient (Wildman–Crippen LogP) is 1.27. The zero-order valence-corrected chi connectivity index (χ0v) is 24.4. The van der Waals surface area contributed by atoms with Crippen molar-refractivity contribution in [1.29, 1.82) is 0 Å². The van der Waals surface area contributed by atoms with Gasteiger partial charge in [0.25, 0.3) is 5.91 Å². The number of ether oxygens (including phenoxy) is 1. The Bertz CT molecular complexity index is 1600. The second-order valence-corrected chi connectivity index (χ2v) is 11.1. The van der Waals surface area contributed by atoms with E-state index in [-0.39, 0.29) is 49.0 Å². The third-order valence-electron chi connectivity index (χ3n) is 7.95. The van der Waals surface area contributed by atoms with Gasteiger partial charge in [0.1, 0.15) is 12.4 Å². The Morgan fingerprint density at radius 3 is 2.52 bits per heavy atom. The highest BCUT2D eigenvalue weighted by Crippen LogP contribution is 2.36. The van der Waals surface area contributed by atoms with Crippen molar-refractivity contribution in [2.75, 3.05) is 51.2 Å². The lowest BCUT2D eigenvalue weighted by Crippen LogP contribution is -2.50. The van der Waals surface area contributed by atoms with Crippen LogP contribution in [0.2, 0.25) is 0 Å². The van der Waals surface area contributed by atoms with E-state index in [1.54, 1.807) is 48.5 Å². The van der Waals surface area contributed by atoms with Gasteiger partial charge < -0.3 is 36.0 Å². The summed E-state index contributed by atoms with van der Waals surface area (Å²) in [5.74, 6) is -0.435. The maximum absolute atomic E-state index is 13.5. The quantitative estimate of drug-likeness (QED) is 0.261. The summed E-state index contributed by atoms with van der Waals surface area (Å²) in [5, 5.41) is 11.5. The standard InChI is InChI=1S/C31H37N7O6/c39-26-7-3-10-31(29(42)34-14-4-13-33-28(41)22-5-1-2-6-25(22)44-18-15-32-26)11-16-38(17-12-31)20-27(40)35-21-8-9-23-24(19-21)37-30(43)36-23/h1-3,5-9,19H,4,10-18,20H2,(H,32,39)(H,33,41)(H,34,42)(H,35,40)(H2,36,37,43)/b7-3+. The molecule has 1 fully saturated rings. The van der Waals surface area contributed by atoms with Crippen molar-refractivity contribution in [3.05, 3.63) is 70.7 Å². The minimum absolute atomic E-state index is 0.105. The summed E-state index contributed by atoms with van der Waals surface area (Å²) in [5.41, 5.74) is 1.20. The molecule has 232 valence electrons. The largest absolute Gasteiger partial charge is 0.491 e. The van der Waals surface area contributed by atoms with Gasteiger partial charge in [0.05, 0.1) is 35.1 Å². The third kappa shape index (κ3) is 7.72. The molecule has 0 bridgehead atoms. The minimum Gasteiger partial charge on any atom is -0.491 e. The van der Waals surface area contributed by atoms with E-state index in [1.807, 2.05) is 4.90 Å². The average Bonchev–Trinajstić information content (AvgIpc) is 3.39. The molecule has 2 aliphatic rings. The number of hydrogen-bond donors (Lipinski definition) is 6. The highest BCUT2D eigenvalue weighted by atomic mass is 16.5. The first-order valence-electron chi connectivity index (χ1n) is 14.8. The molecule has 6 N–H and O–H groups in total. The Hall–Kier alpha value is -4.91. The maximum atomic E-state index is 13.5. The van der Waals surface area contributed by atoms with E-state index in [2.05, 4.69) is 31.2 Å². The molecular weight excluding hydrogens is 566 g/mol. The van der Waals surface area contributed by atoms with E-state index in [0.717, 1.165) is 0 Å². The van der Waals surface area contributed by atoms with Gasteiger partial charge in [-0.1, -0.05) is 18.2 Å². The molecule has 5 rings (SSSR count). The highest BCUT2D eigenvalue weighted by molar-refractivity contribution is 5.97. The van der Waals surface area contributed by atoms with Gasteiger partial charge in [-0.3, -0.25) is 24.1 Å². The number of anilines is 1. The van der Waals surface area contributed by atoms with E-state index in [1.165, 1.54) is 6.08 Å². The number of amides is 4. The Morgan fingerprint density at radius 1 is 0.909 bits per heavy atom. The predicted molar refractivity (Wildman–Crippen MR) is 164 cm³/mol. The molecule has 13 nitrogen and oxygen atoms in total. The molecule has 3 heterocycles. The summed E-state index contributed by atoms with van der Waals surface area (Å²) in [4.78, 5) is 70.3. The average molecular weight is 604 g/mol. The molecule has 4 amide bonds. The minimum atomic E-state index is -0.730. The lowest BCUT2D eigenvalue weighted by Gasteiger charge is -2.40. The smallest absolute Gasteiger partial charge is 0.323 e. The topological polar surface area (TPSA) is 178 Å². The van der Waals surface area contributed by atoms with Gasteiger partial charge in [-0.2, -0.15) is 0 Å². The number of fused-ring (bicyclic) bond motifs is 2. The summed E-state index contributed by atoms with van der Waals surface area (Å²) in [7, 11) is 0. The van der Waals surface area contributed by atoms with Crippen molar-refractivity contribution in [2.45, 2.75) is 25.7 Å². The number of aromatic nitrogens is 2. The van der Waals surface area contributed by atoms with Crippen LogP contribution in [0.3, 0.4) is 0 Å². The van der Waals surface area contributed by atoms with E-state index in [0.29, 0.717) is 79.9 Å². The van der Waals surface area contributed by atoms with E-state index in [4.69, 9.17) is 4.74 Å². The van der Waals surface area contributed by atoms with Crippen molar-refractivity contribution in [2.24, 2.45) is 5.41 Å². The van der Waals surface area contributed by atoms with Crippen molar-refractivity contribution >= 4 is 40.3 Å². The van der Waals surface area contributed by atoms with Gasteiger partial charge in [-0.25, -0.2) is 4.79 Å².